The largest absolute Gasteiger partial charge is 0.491 e. The van der Waals surface area contributed by atoms with E-state index in [0.717, 1.165) is 21.7 Å². The van der Waals surface area contributed by atoms with E-state index in [9.17, 15) is 0 Å². The molecule has 0 bridgehead atoms. The molecule has 0 aliphatic rings. The first kappa shape index (κ1) is 14.0. The molecule has 3 nitrogen and oxygen atoms in total. The summed E-state index contributed by atoms with van der Waals surface area (Å²) in [6.07, 6.45) is 1.67. The maximum atomic E-state index is 5.79. The van der Waals surface area contributed by atoms with Gasteiger partial charge in [-0.3, -0.25) is 0 Å². The molecule has 2 aromatic rings. The zero-order valence-corrected chi connectivity index (χ0v) is 12.7. The lowest BCUT2D eigenvalue weighted by Crippen LogP contribution is -2.07. The molecule has 4 heteroatoms. The van der Waals surface area contributed by atoms with Crippen LogP contribution >= 0.6 is 15.9 Å². The summed E-state index contributed by atoms with van der Waals surface area (Å²) in [5.74, 6) is 2.25. The van der Waals surface area contributed by atoms with Crippen molar-refractivity contribution in [3.8, 4) is 5.75 Å². The van der Waals surface area contributed by atoms with Crippen molar-refractivity contribution < 1.29 is 9.15 Å². The number of nitrogens with one attached hydrogen (secondary N) is 1. The van der Waals surface area contributed by atoms with Crippen LogP contribution in [0.4, 0.5) is 5.69 Å². The van der Waals surface area contributed by atoms with Crippen molar-refractivity contribution in [1.82, 2.24) is 0 Å². The Bertz CT molecular complexity index is 522. The van der Waals surface area contributed by atoms with Crippen molar-refractivity contribution in [3.05, 3.63) is 46.8 Å². The second-order valence-corrected chi connectivity index (χ2v) is 5.60. The minimum absolute atomic E-state index is 0.507. The lowest BCUT2D eigenvalue weighted by atomic mass is 10.2. The van der Waals surface area contributed by atoms with E-state index < -0.39 is 0 Å². The van der Waals surface area contributed by atoms with E-state index in [0.29, 0.717) is 19.1 Å². The van der Waals surface area contributed by atoms with Crippen LogP contribution in [0.1, 0.15) is 19.6 Å². The van der Waals surface area contributed by atoms with Crippen LogP contribution in [0.15, 0.2) is 45.5 Å². The molecule has 0 aliphatic heterocycles. The van der Waals surface area contributed by atoms with Crippen LogP contribution in [0, 0.1) is 5.92 Å². The zero-order chi connectivity index (χ0) is 13.7. The summed E-state index contributed by atoms with van der Waals surface area (Å²) >= 11 is 3.44. The number of hydrogen-bond acceptors (Lipinski definition) is 3. The fourth-order valence-corrected chi connectivity index (χ4v) is 1.96. The van der Waals surface area contributed by atoms with E-state index in [1.54, 1.807) is 6.26 Å². The van der Waals surface area contributed by atoms with Gasteiger partial charge in [-0.15, -0.1) is 0 Å². The number of halogens is 1. The molecule has 1 N–H and O–H groups in total. The predicted octanol–water partition coefficient (Wildman–Crippen LogP) is 4.69. The van der Waals surface area contributed by atoms with Gasteiger partial charge in [-0.05, 0) is 40.0 Å². The average molecular weight is 324 g/mol. The first-order valence-corrected chi connectivity index (χ1v) is 7.13. The normalized spacial score (nSPS) is 10.7. The van der Waals surface area contributed by atoms with E-state index in [2.05, 4.69) is 35.1 Å². The third kappa shape index (κ3) is 4.03. The Balaban J connectivity index is 2.01. The van der Waals surface area contributed by atoms with Gasteiger partial charge in [-0.2, -0.15) is 0 Å². The van der Waals surface area contributed by atoms with E-state index in [-0.39, 0.29) is 0 Å². The van der Waals surface area contributed by atoms with Crippen LogP contribution in [-0.2, 0) is 6.54 Å². The van der Waals surface area contributed by atoms with Gasteiger partial charge >= 0.3 is 0 Å². The third-order valence-corrected chi connectivity index (χ3v) is 3.30. The molecule has 0 saturated carbocycles. The Morgan fingerprint density at radius 3 is 2.74 bits per heavy atom. The van der Waals surface area contributed by atoms with Gasteiger partial charge in [-0.1, -0.05) is 26.0 Å². The first-order valence-electron chi connectivity index (χ1n) is 6.34. The lowest BCUT2D eigenvalue weighted by molar-refractivity contribution is 0.272. The summed E-state index contributed by atoms with van der Waals surface area (Å²) in [7, 11) is 0. The molecule has 1 aromatic carbocycles. The molecule has 0 radical (unpaired) electrons. The van der Waals surface area contributed by atoms with Crippen molar-refractivity contribution in [2.24, 2.45) is 5.92 Å². The summed E-state index contributed by atoms with van der Waals surface area (Å²) < 4.78 is 12.1. The van der Waals surface area contributed by atoms with Crippen LogP contribution in [0.2, 0.25) is 0 Å². The maximum Gasteiger partial charge on any atom is 0.142 e. The van der Waals surface area contributed by atoms with Crippen molar-refractivity contribution in [2.45, 2.75) is 20.4 Å². The van der Waals surface area contributed by atoms with Crippen molar-refractivity contribution in [2.75, 3.05) is 11.9 Å². The zero-order valence-electron chi connectivity index (χ0n) is 11.2. The van der Waals surface area contributed by atoms with E-state index in [1.165, 1.54) is 0 Å². The fraction of sp³-hybridized carbons (Fsp3) is 0.333. The molecule has 102 valence electrons. The second-order valence-electron chi connectivity index (χ2n) is 4.75. The summed E-state index contributed by atoms with van der Waals surface area (Å²) in [6, 6.07) is 9.83. The molecule has 1 aromatic heterocycles. The quantitative estimate of drug-likeness (QED) is 0.837. The topological polar surface area (TPSA) is 34.4 Å². The van der Waals surface area contributed by atoms with Crippen LogP contribution in [0.25, 0.3) is 0 Å². The second kappa shape index (κ2) is 6.66. The highest BCUT2D eigenvalue weighted by atomic mass is 79.9. The van der Waals surface area contributed by atoms with Gasteiger partial charge in [-0.25, -0.2) is 0 Å². The molecular formula is C15H18BrNO2. The first-order chi connectivity index (χ1) is 9.16. The van der Waals surface area contributed by atoms with Gasteiger partial charge in [0.1, 0.15) is 11.5 Å². The van der Waals surface area contributed by atoms with Gasteiger partial charge in [0.2, 0.25) is 0 Å². The van der Waals surface area contributed by atoms with Crippen LogP contribution in [-0.4, -0.2) is 6.61 Å². The Kier molecular flexibility index (Phi) is 4.91. The number of furan rings is 1. The molecule has 1 heterocycles. The number of rotatable bonds is 6. The number of hydrogen-bond donors (Lipinski definition) is 1. The monoisotopic (exact) mass is 323 g/mol. The molecule has 2 rings (SSSR count). The van der Waals surface area contributed by atoms with Crippen molar-refractivity contribution in [1.29, 1.82) is 0 Å². The van der Waals surface area contributed by atoms with Crippen molar-refractivity contribution in [3.63, 3.8) is 0 Å². The Hall–Kier alpha value is -1.42. The smallest absolute Gasteiger partial charge is 0.142 e. The highest BCUT2D eigenvalue weighted by Gasteiger charge is 2.07. The molecule has 0 aliphatic carbocycles. The molecule has 0 fully saturated rings. The van der Waals surface area contributed by atoms with Crippen LogP contribution in [0.3, 0.4) is 0 Å². The number of benzene rings is 1. The molecule has 0 saturated heterocycles. The average Bonchev–Trinajstić information content (AvgIpc) is 2.80. The molecule has 0 atom stereocenters. The summed E-state index contributed by atoms with van der Waals surface area (Å²) in [5, 5.41) is 3.33. The van der Waals surface area contributed by atoms with Gasteiger partial charge in [0.05, 0.1) is 29.6 Å². The Labute approximate surface area is 122 Å². The van der Waals surface area contributed by atoms with Gasteiger partial charge in [0, 0.05) is 0 Å². The number of anilines is 1. The van der Waals surface area contributed by atoms with Gasteiger partial charge < -0.3 is 14.5 Å². The molecule has 19 heavy (non-hydrogen) atoms. The van der Waals surface area contributed by atoms with Gasteiger partial charge in [0.15, 0.2) is 0 Å². The predicted molar refractivity (Wildman–Crippen MR) is 80.5 cm³/mol. The molecule has 0 spiro atoms. The van der Waals surface area contributed by atoms with E-state index in [1.807, 2.05) is 30.3 Å². The molecule has 0 amide bonds. The van der Waals surface area contributed by atoms with Crippen molar-refractivity contribution >= 4 is 21.6 Å². The van der Waals surface area contributed by atoms with E-state index in [4.69, 9.17) is 9.15 Å². The molecular weight excluding hydrogens is 306 g/mol. The highest BCUT2D eigenvalue weighted by Crippen LogP contribution is 2.26. The Morgan fingerprint density at radius 2 is 2.05 bits per heavy atom. The van der Waals surface area contributed by atoms with Crippen LogP contribution in [0.5, 0.6) is 5.75 Å². The third-order valence-electron chi connectivity index (χ3n) is 2.59. The molecule has 0 unspecified atom stereocenters. The summed E-state index contributed by atoms with van der Waals surface area (Å²) in [6.45, 7) is 5.60. The van der Waals surface area contributed by atoms with E-state index >= 15 is 0 Å². The SMILES string of the molecule is CC(C)COc1ccccc1NCc1occc1Br. The van der Waals surface area contributed by atoms with Gasteiger partial charge in [0.25, 0.3) is 0 Å². The number of para-hydroxylation sites is 2. The summed E-state index contributed by atoms with van der Waals surface area (Å²) in [5.41, 5.74) is 0.978. The highest BCUT2D eigenvalue weighted by molar-refractivity contribution is 9.10. The maximum absolute atomic E-state index is 5.79. The number of ether oxygens (including phenoxy) is 1. The minimum atomic E-state index is 0.507. The minimum Gasteiger partial charge on any atom is -0.491 e. The lowest BCUT2D eigenvalue weighted by Gasteiger charge is -2.14. The Morgan fingerprint density at radius 1 is 1.26 bits per heavy atom. The van der Waals surface area contributed by atoms with Crippen LogP contribution < -0.4 is 10.1 Å². The standard InChI is InChI=1S/C15H18BrNO2/c1-11(2)10-19-14-6-4-3-5-13(14)17-9-15-12(16)7-8-18-15/h3-8,11,17H,9-10H2,1-2H3. The fourth-order valence-electron chi connectivity index (χ4n) is 1.62. The summed E-state index contributed by atoms with van der Waals surface area (Å²) in [4.78, 5) is 0.